The minimum Gasteiger partial charge on any atom is -0.393 e. The van der Waals surface area contributed by atoms with Crippen molar-refractivity contribution in [3.63, 3.8) is 0 Å². The molecule has 124 valence electrons. The van der Waals surface area contributed by atoms with Gasteiger partial charge in [0, 0.05) is 0 Å². The molecule has 10 nitrogen and oxygen atoms in total. The SMILES string of the molecule is OC[C@@]1(O)CO[C@@H](OC[C@H]2O[C@@H](O)[C@H](O)[C@@H](O)[C@@H]2O)[C@@H]1O. The summed E-state index contributed by atoms with van der Waals surface area (Å²) in [7, 11) is 0. The highest BCUT2D eigenvalue weighted by atomic mass is 16.7. The van der Waals surface area contributed by atoms with E-state index in [0.717, 1.165) is 0 Å². The van der Waals surface area contributed by atoms with E-state index in [2.05, 4.69) is 0 Å². The van der Waals surface area contributed by atoms with E-state index >= 15 is 0 Å². The van der Waals surface area contributed by atoms with E-state index in [1.54, 1.807) is 0 Å². The summed E-state index contributed by atoms with van der Waals surface area (Å²) >= 11 is 0. The molecular formula is C11H20O10. The molecule has 0 aromatic heterocycles. The van der Waals surface area contributed by atoms with Gasteiger partial charge in [-0.05, 0) is 0 Å². The van der Waals surface area contributed by atoms with E-state index in [1.807, 2.05) is 0 Å². The second-order valence-electron chi connectivity index (χ2n) is 5.26. The summed E-state index contributed by atoms with van der Waals surface area (Å²) < 4.78 is 15.0. The van der Waals surface area contributed by atoms with Crippen LogP contribution >= 0.6 is 0 Å². The van der Waals surface area contributed by atoms with Crippen LogP contribution < -0.4 is 0 Å². The lowest BCUT2D eigenvalue weighted by molar-refractivity contribution is -0.297. The van der Waals surface area contributed by atoms with Gasteiger partial charge in [0.15, 0.2) is 12.6 Å². The fourth-order valence-corrected chi connectivity index (χ4v) is 2.19. The van der Waals surface area contributed by atoms with Crippen molar-refractivity contribution in [3.05, 3.63) is 0 Å². The number of hydrogen-bond donors (Lipinski definition) is 7. The predicted molar refractivity (Wildman–Crippen MR) is 62.6 cm³/mol. The van der Waals surface area contributed by atoms with Crippen LogP contribution in [-0.4, -0.2) is 104 Å². The smallest absolute Gasteiger partial charge is 0.186 e. The van der Waals surface area contributed by atoms with Crippen molar-refractivity contribution in [1.82, 2.24) is 0 Å². The maximum Gasteiger partial charge on any atom is 0.186 e. The van der Waals surface area contributed by atoms with Crippen LogP contribution in [0.3, 0.4) is 0 Å². The molecular weight excluding hydrogens is 292 g/mol. The summed E-state index contributed by atoms with van der Waals surface area (Å²) in [5, 5.41) is 66.3. The highest BCUT2D eigenvalue weighted by molar-refractivity contribution is 4.94. The number of aliphatic hydroxyl groups is 7. The van der Waals surface area contributed by atoms with E-state index < -0.39 is 55.3 Å². The number of aliphatic hydroxyl groups excluding tert-OH is 6. The molecule has 7 N–H and O–H groups in total. The zero-order valence-corrected chi connectivity index (χ0v) is 11.0. The maximum atomic E-state index is 9.75. The molecule has 0 saturated carbocycles. The van der Waals surface area contributed by atoms with Crippen molar-refractivity contribution in [2.45, 2.75) is 48.7 Å². The number of hydrogen-bond acceptors (Lipinski definition) is 10. The third-order valence-electron chi connectivity index (χ3n) is 3.69. The van der Waals surface area contributed by atoms with E-state index in [4.69, 9.17) is 19.3 Å². The van der Waals surface area contributed by atoms with E-state index in [0.29, 0.717) is 0 Å². The van der Waals surface area contributed by atoms with Crippen LogP contribution in [0.15, 0.2) is 0 Å². The average Bonchev–Trinajstić information content (AvgIpc) is 2.76. The lowest BCUT2D eigenvalue weighted by Crippen LogP contribution is -2.59. The first kappa shape index (κ1) is 17.0. The molecule has 0 aromatic rings. The van der Waals surface area contributed by atoms with Crippen LogP contribution in [0.5, 0.6) is 0 Å². The second kappa shape index (κ2) is 6.38. The second-order valence-corrected chi connectivity index (χ2v) is 5.26. The Morgan fingerprint density at radius 1 is 1.05 bits per heavy atom. The molecule has 0 bridgehead atoms. The highest BCUT2D eigenvalue weighted by Crippen LogP contribution is 2.26. The zero-order valence-electron chi connectivity index (χ0n) is 11.0. The van der Waals surface area contributed by atoms with Gasteiger partial charge in [-0.15, -0.1) is 0 Å². The minimum atomic E-state index is -1.84. The van der Waals surface area contributed by atoms with E-state index in [-0.39, 0.29) is 13.2 Å². The Morgan fingerprint density at radius 3 is 2.29 bits per heavy atom. The Balaban J connectivity index is 1.89. The highest BCUT2D eigenvalue weighted by Gasteiger charge is 2.49. The fraction of sp³-hybridized carbons (Fsp3) is 1.00. The summed E-state index contributed by atoms with van der Waals surface area (Å²) in [4.78, 5) is 0. The summed E-state index contributed by atoms with van der Waals surface area (Å²) in [6.07, 6.45) is -10.4. The maximum absolute atomic E-state index is 9.75. The first-order chi connectivity index (χ1) is 9.80. The molecule has 0 aromatic carbocycles. The molecule has 21 heavy (non-hydrogen) atoms. The van der Waals surface area contributed by atoms with Gasteiger partial charge in [0.25, 0.3) is 0 Å². The normalized spacial score (nSPS) is 51.3. The van der Waals surface area contributed by atoms with Gasteiger partial charge in [0.2, 0.25) is 0 Å². The van der Waals surface area contributed by atoms with E-state index in [9.17, 15) is 30.6 Å². The fourth-order valence-electron chi connectivity index (χ4n) is 2.19. The molecule has 2 rings (SSSR count). The molecule has 2 fully saturated rings. The van der Waals surface area contributed by atoms with Crippen LogP contribution in [0, 0.1) is 0 Å². The van der Waals surface area contributed by atoms with Gasteiger partial charge in [0.1, 0.15) is 36.1 Å². The number of ether oxygens (including phenoxy) is 3. The van der Waals surface area contributed by atoms with Crippen molar-refractivity contribution in [3.8, 4) is 0 Å². The van der Waals surface area contributed by atoms with Crippen molar-refractivity contribution >= 4 is 0 Å². The molecule has 2 heterocycles. The molecule has 2 aliphatic heterocycles. The topological polar surface area (TPSA) is 169 Å². The van der Waals surface area contributed by atoms with Crippen molar-refractivity contribution in [2.24, 2.45) is 0 Å². The Morgan fingerprint density at radius 2 is 1.71 bits per heavy atom. The molecule has 0 unspecified atom stereocenters. The van der Waals surface area contributed by atoms with Gasteiger partial charge in [-0.2, -0.15) is 0 Å². The Bertz CT molecular complexity index is 354. The molecule has 0 aliphatic carbocycles. The summed E-state index contributed by atoms with van der Waals surface area (Å²) in [5.74, 6) is 0. The van der Waals surface area contributed by atoms with Crippen molar-refractivity contribution in [1.29, 1.82) is 0 Å². The predicted octanol–water partition coefficient (Wildman–Crippen LogP) is -4.76. The number of rotatable bonds is 4. The first-order valence-corrected chi connectivity index (χ1v) is 6.42. The molecule has 0 radical (unpaired) electrons. The van der Waals surface area contributed by atoms with Gasteiger partial charge in [0.05, 0.1) is 19.8 Å². The van der Waals surface area contributed by atoms with E-state index in [1.165, 1.54) is 0 Å². The summed E-state index contributed by atoms with van der Waals surface area (Å²) in [6, 6.07) is 0. The van der Waals surface area contributed by atoms with Gasteiger partial charge in [-0.1, -0.05) is 0 Å². The van der Waals surface area contributed by atoms with Crippen molar-refractivity contribution in [2.75, 3.05) is 19.8 Å². The standard InChI is InChI=1S/C11H20O10/c12-2-11(18)3-20-10(8(11)16)19-1-4-5(13)6(14)7(15)9(17)21-4/h4-10,12-18H,1-3H2/t4-,5-,6+,7-,8+,9-,10-,11-/m1/s1. The molecule has 0 spiro atoms. The third kappa shape index (κ3) is 3.19. The monoisotopic (exact) mass is 312 g/mol. The van der Waals surface area contributed by atoms with Crippen LogP contribution in [0.25, 0.3) is 0 Å². The van der Waals surface area contributed by atoms with Crippen LogP contribution in [0.4, 0.5) is 0 Å². The molecule has 2 saturated heterocycles. The molecule has 0 amide bonds. The lowest BCUT2D eigenvalue weighted by atomic mass is 9.99. The summed E-state index contributed by atoms with van der Waals surface area (Å²) in [6.45, 7) is -1.45. The Kier molecular flexibility index (Phi) is 5.15. The van der Waals surface area contributed by atoms with Gasteiger partial charge >= 0.3 is 0 Å². The van der Waals surface area contributed by atoms with Crippen LogP contribution in [-0.2, 0) is 14.2 Å². The van der Waals surface area contributed by atoms with Crippen LogP contribution in [0.2, 0.25) is 0 Å². The quantitative estimate of drug-likeness (QED) is 0.267. The Hall–Kier alpha value is -0.400. The summed E-state index contributed by atoms with van der Waals surface area (Å²) in [5.41, 5.74) is -1.84. The lowest BCUT2D eigenvalue weighted by Gasteiger charge is -2.38. The average molecular weight is 312 g/mol. The van der Waals surface area contributed by atoms with Crippen molar-refractivity contribution < 1.29 is 50.0 Å². The van der Waals surface area contributed by atoms with Crippen LogP contribution in [0.1, 0.15) is 0 Å². The minimum absolute atomic E-state index is 0.340. The van der Waals surface area contributed by atoms with Gasteiger partial charge in [-0.3, -0.25) is 0 Å². The van der Waals surface area contributed by atoms with Gasteiger partial charge < -0.3 is 50.0 Å². The first-order valence-electron chi connectivity index (χ1n) is 6.42. The molecule has 8 atom stereocenters. The third-order valence-corrected chi connectivity index (χ3v) is 3.69. The molecule has 2 aliphatic rings. The largest absolute Gasteiger partial charge is 0.393 e. The zero-order chi connectivity index (χ0) is 15.8. The molecule has 10 heteroatoms. The Labute approximate surface area is 119 Å². The van der Waals surface area contributed by atoms with Gasteiger partial charge in [-0.25, -0.2) is 0 Å².